The summed E-state index contributed by atoms with van der Waals surface area (Å²) in [6.45, 7) is 0.0661. The predicted molar refractivity (Wildman–Crippen MR) is 105 cm³/mol. The molecule has 1 saturated carbocycles. The average Bonchev–Trinajstić information content (AvgIpc) is 3.22. The zero-order valence-electron chi connectivity index (χ0n) is 14.2. The molecule has 2 aromatic heterocycles. The lowest BCUT2D eigenvalue weighted by Crippen LogP contribution is -2.48. The van der Waals surface area contributed by atoms with E-state index < -0.39 is 10.8 Å². The molecule has 2 aliphatic rings. The van der Waals surface area contributed by atoms with Gasteiger partial charge >= 0.3 is 0 Å². The molecule has 1 aliphatic carbocycles. The van der Waals surface area contributed by atoms with Crippen LogP contribution in [0.5, 0.6) is 0 Å². The first-order valence-corrected chi connectivity index (χ1v) is 11.0. The Bertz CT molecular complexity index is 988. The minimum absolute atomic E-state index is 0.0661. The van der Waals surface area contributed by atoms with E-state index in [1.807, 2.05) is 12.1 Å². The fourth-order valence-corrected chi connectivity index (χ4v) is 5.96. The van der Waals surface area contributed by atoms with Crippen LogP contribution in [0.2, 0.25) is 0 Å². The van der Waals surface area contributed by atoms with Crippen LogP contribution in [0.1, 0.15) is 25.0 Å². The summed E-state index contributed by atoms with van der Waals surface area (Å²) >= 11 is 1.67. The normalized spacial score (nSPS) is 20.7. The summed E-state index contributed by atoms with van der Waals surface area (Å²) < 4.78 is 13.7. The molecule has 0 spiro atoms. The van der Waals surface area contributed by atoms with Crippen molar-refractivity contribution in [3.8, 4) is 10.7 Å². The van der Waals surface area contributed by atoms with Crippen molar-refractivity contribution in [2.24, 2.45) is 0 Å². The van der Waals surface area contributed by atoms with Crippen LogP contribution in [-0.2, 0) is 17.2 Å². The smallest absolute Gasteiger partial charge is 0.171 e. The number of nitrogens with zero attached hydrogens (tertiary/aromatic N) is 2. The van der Waals surface area contributed by atoms with E-state index in [0.717, 1.165) is 34.7 Å². The third-order valence-electron chi connectivity index (χ3n) is 5.33. The molecule has 0 amide bonds. The molecule has 0 saturated heterocycles. The number of aryl methyl sites for hydroxylation is 1. The molecule has 3 aromatic rings. The summed E-state index contributed by atoms with van der Waals surface area (Å²) in [5, 5.41) is 14.4. The van der Waals surface area contributed by atoms with Crippen LogP contribution >= 0.6 is 11.3 Å². The van der Waals surface area contributed by atoms with E-state index in [1.54, 1.807) is 11.3 Å². The first-order valence-electron chi connectivity index (χ1n) is 8.85. The molecule has 7 heteroatoms. The van der Waals surface area contributed by atoms with Crippen LogP contribution in [0.3, 0.4) is 0 Å². The van der Waals surface area contributed by atoms with E-state index in [0.29, 0.717) is 23.8 Å². The highest BCUT2D eigenvalue weighted by Crippen LogP contribution is 2.39. The summed E-state index contributed by atoms with van der Waals surface area (Å²) in [6, 6.07) is 10.4. The number of hydrogen-bond donors (Lipinski definition) is 2. The van der Waals surface area contributed by atoms with Gasteiger partial charge in [-0.15, -0.1) is 11.3 Å². The number of benzene rings is 1. The lowest BCUT2D eigenvalue weighted by Gasteiger charge is -2.41. The Morgan fingerprint density at radius 3 is 2.85 bits per heavy atom. The molecule has 1 aliphatic heterocycles. The van der Waals surface area contributed by atoms with Crippen molar-refractivity contribution in [2.45, 2.75) is 36.1 Å². The first kappa shape index (κ1) is 16.4. The predicted octanol–water partition coefficient (Wildman–Crippen LogP) is 3.35. The zero-order chi connectivity index (χ0) is 17.7. The van der Waals surface area contributed by atoms with Gasteiger partial charge in [0, 0.05) is 16.9 Å². The quantitative estimate of drug-likeness (QED) is 0.720. The van der Waals surface area contributed by atoms with Gasteiger partial charge < -0.3 is 10.4 Å². The zero-order valence-corrected chi connectivity index (χ0v) is 15.8. The fourth-order valence-electron chi connectivity index (χ4n) is 3.66. The molecular formula is C19H19N3O2S2. The summed E-state index contributed by atoms with van der Waals surface area (Å²) in [6.07, 6.45) is 3.62. The number of nitrogens with one attached hydrogen (secondary N) is 1. The number of aliphatic hydroxyl groups is 1. The number of rotatable bonds is 4. The average molecular weight is 386 g/mol. The molecule has 0 bridgehead atoms. The summed E-state index contributed by atoms with van der Waals surface area (Å²) in [5.74, 6) is 1.92. The molecule has 2 N–H and O–H groups in total. The maximum absolute atomic E-state index is 12.5. The third kappa shape index (κ3) is 2.57. The summed E-state index contributed by atoms with van der Waals surface area (Å²) in [7, 11) is -1.07. The molecule has 5 rings (SSSR count). The van der Waals surface area contributed by atoms with Gasteiger partial charge in [0.25, 0.3) is 0 Å². The van der Waals surface area contributed by atoms with E-state index in [-0.39, 0.29) is 12.1 Å². The monoisotopic (exact) mass is 385 g/mol. The van der Waals surface area contributed by atoms with Gasteiger partial charge in [0.05, 0.1) is 33.5 Å². The standard InChI is InChI=1S/C19H19N3O2S2/c23-11-19(7-3-8-19)22-18-16-13(6-9-26(16)24)20-17(21-18)15-10-12-4-1-2-5-14(12)25-15/h1-2,4-5,10,23H,3,6-9,11H2,(H,20,21,22)/t26-/m0/s1. The number of fused-ring (bicyclic) bond motifs is 2. The second kappa shape index (κ2) is 6.11. The molecule has 3 heterocycles. The highest BCUT2D eigenvalue weighted by Gasteiger charge is 2.38. The van der Waals surface area contributed by atoms with Crippen LogP contribution in [0.4, 0.5) is 5.82 Å². The van der Waals surface area contributed by atoms with Crippen molar-refractivity contribution in [1.82, 2.24) is 9.97 Å². The molecule has 0 unspecified atom stereocenters. The molecule has 0 radical (unpaired) electrons. The minimum atomic E-state index is -1.07. The van der Waals surface area contributed by atoms with Crippen LogP contribution in [0.25, 0.3) is 20.8 Å². The maximum atomic E-state index is 12.5. The van der Waals surface area contributed by atoms with Crippen molar-refractivity contribution < 1.29 is 9.32 Å². The molecule has 1 atom stereocenters. The van der Waals surface area contributed by atoms with E-state index in [4.69, 9.17) is 9.97 Å². The van der Waals surface area contributed by atoms with Crippen LogP contribution < -0.4 is 5.32 Å². The van der Waals surface area contributed by atoms with Crippen molar-refractivity contribution in [3.05, 3.63) is 36.0 Å². The highest BCUT2D eigenvalue weighted by atomic mass is 32.2. The van der Waals surface area contributed by atoms with Gasteiger partial charge in [-0.2, -0.15) is 0 Å². The maximum Gasteiger partial charge on any atom is 0.171 e. The number of thiophene rings is 1. The number of aliphatic hydroxyl groups excluding tert-OH is 1. The van der Waals surface area contributed by atoms with E-state index in [2.05, 4.69) is 23.5 Å². The number of hydrogen-bond acceptors (Lipinski definition) is 6. The second-order valence-electron chi connectivity index (χ2n) is 7.04. The van der Waals surface area contributed by atoms with E-state index in [1.165, 1.54) is 10.1 Å². The lowest BCUT2D eigenvalue weighted by atomic mass is 9.77. The van der Waals surface area contributed by atoms with Gasteiger partial charge in [0.1, 0.15) is 10.7 Å². The fraction of sp³-hybridized carbons (Fsp3) is 0.368. The molecular weight excluding hydrogens is 366 g/mol. The van der Waals surface area contributed by atoms with Gasteiger partial charge in [-0.05, 0) is 36.8 Å². The second-order valence-corrected chi connectivity index (χ2v) is 9.63. The molecule has 26 heavy (non-hydrogen) atoms. The Morgan fingerprint density at radius 2 is 2.12 bits per heavy atom. The topological polar surface area (TPSA) is 75.1 Å². The summed E-state index contributed by atoms with van der Waals surface area (Å²) in [5.41, 5.74) is 0.549. The number of anilines is 1. The van der Waals surface area contributed by atoms with Crippen molar-refractivity contribution >= 4 is 38.0 Å². The van der Waals surface area contributed by atoms with Crippen LogP contribution in [0.15, 0.2) is 35.2 Å². The Labute approximate surface area is 158 Å². The van der Waals surface area contributed by atoms with Gasteiger partial charge in [-0.25, -0.2) is 9.97 Å². The summed E-state index contributed by atoms with van der Waals surface area (Å²) in [4.78, 5) is 11.2. The highest BCUT2D eigenvalue weighted by molar-refractivity contribution is 7.85. The lowest BCUT2D eigenvalue weighted by molar-refractivity contribution is 0.143. The van der Waals surface area contributed by atoms with E-state index in [9.17, 15) is 9.32 Å². The molecule has 1 fully saturated rings. The first-order chi connectivity index (χ1) is 12.7. The van der Waals surface area contributed by atoms with Gasteiger partial charge in [-0.1, -0.05) is 18.2 Å². The minimum Gasteiger partial charge on any atom is -0.394 e. The Kier molecular flexibility index (Phi) is 3.84. The molecule has 5 nitrogen and oxygen atoms in total. The van der Waals surface area contributed by atoms with Crippen molar-refractivity contribution in [3.63, 3.8) is 0 Å². The largest absolute Gasteiger partial charge is 0.394 e. The molecule has 1 aromatic carbocycles. The Balaban J connectivity index is 1.63. The van der Waals surface area contributed by atoms with Gasteiger partial charge in [0.2, 0.25) is 0 Å². The Hall–Kier alpha value is -1.83. The van der Waals surface area contributed by atoms with E-state index >= 15 is 0 Å². The van der Waals surface area contributed by atoms with Crippen molar-refractivity contribution in [2.75, 3.05) is 17.7 Å². The third-order valence-corrected chi connectivity index (χ3v) is 7.90. The molecule has 134 valence electrons. The number of aromatic nitrogens is 2. The van der Waals surface area contributed by atoms with Gasteiger partial charge in [-0.3, -0.25) is 4.21 Å². The Morgan fingerprint density at radius 1 is 1.27 bits per heavy atom. The SMILES string of the molecule is O=[S@]1CCc2nc(-c3cc4ccccc4s3)nc(NC3(CO)CCC3)c21. The van der Waals surface area contributed by atoms with Crippen LogP contribution in [-0.4, -0.2) is 37.2 Å². The van der Waals surface area contributed by atoms with Gasteiger partial charge in [0.15, 0.2) is 5.82 Å². The van der Waals surface area contributed by atoms with Crippen LogP contribution in [0, 0.1) is 0 Å². The van der Waals surface area contributed by atoms with Crippen molar-refractivity contribution in [1.29, 1.82) is 0 Å².